The highest BCUT2D eigenvalue weighted by molar-refractivity contribution is 5.92. The third kappa shape index (κ3) is 3.08. The van der Waals surface area contributed by atoms with Gasteiger partial charge in [0.15, 0.2) is 0 Å². The van der Waals surface area contributed by atoms with Crippen molar-refractivity contribution in [3.05, 3.63) is 167 Å². The lowest BCUT2D eigenvalue weighted by Gasteiger charge is -2.39. The average molecular weight is 499 g/mol. The van der Waals surface area contributed by atoms with Crippen LogP contribution >= 0.6 is 0 Å². The molecule has 6 aromatic rings. The summed E-state index contributed by atoms with van der Waals surface area (Å²) in [4.78, 5) is 0. The zero-order valence-electron chi connectivity index (χ0n) is 21.7. The quantitative estimate of drug-likeness (QED) is 0.230. The number of hydrogen-bond donors (Lipinski definition) is 0. The summed E-state index contributed by atoms with van der Waals surface area (Å²) in [7, 11) is 0. The van der Waals surface area contributed by atoms with Gasteiger partial charge in [-0.05, 0) is 75.2 Å². The van der Waals surface area contributed by atoms with Crippen molar-refractivity contribution < 1.29 is 4.74 Å². The monoisotopic (exact) mass is 498 g/mol. The summed E-state index contributed by atoms with van der Waals surface area (Å²) in [6, 6.07) is 50.4. The van der Waals surface area contributed by atoms with Crippen molar-refractivity contribution in [2.24, 2.45) is 0 Å². The minimum Gasteiger partial charge on any atom is -0.457 e. The molecular formula is C38H26O. The van der Waals surface area contributed by atoms with Crippen LogP contribution in [0.5, 0.6) is 11.5 Å². The Labute approximate surface area is 229 Å². The molecule has 1 heteroatoms. The average Bonchev–Trinajstić information content (AvgIpc) is 3.29. The fourth-order valence-electron chi connectivity index (χ4n) is 6.80. The van der Waals surface area contributed by atoms with Gasteiger partial charge >= 0.3 is 0 Å². The van der Waals surface area contributed by atoms with Crippen LogP contribution in [0, 0.1) is 6.92 Å². The van der Waals surface area contributed by atoms with Crippen molar-refractivity contribution in [3.8, 4) is 44.9 Å². The maximum absolute atomic E-state index is 6.47. The number of hydrogen-bond acceptors (Lipinski definition) is 1. The molecule has 184 valence electrons. The molecule has 1 spiro atoms. The van der Waals surface area contributed by atoms with E-state index >= 15 is 0 Å². The Morgan fingerprint density at radius 2 is 0.974 bits per heavy atom. The lowest BCUT2D eigenvalue weighted by molar-refractivity contribution is 0.436. The molecular weight excluding hydrogens is 472 g/mol. The van der Waals surface area contributed by atoms with Gasteiger partial charge in [-0.2, -0.15) is 0 Å². The van der Waals surface area contributed by atoms with E-state index in [1.807, 2.05) is 0 Å². The van der Waals surface area contributed by atoms with Crippen LogP contribution in [0.3, 0.4) is 0 Å². The van der Waals surface area contributed by atoms with E-state index in [1.54, 1.807) is 0 Å². The first kappa shape index (κ1) is 22.1. The molecule has 0 unspecified atom stereocenters. The first-order valence-corrected chi connectivity index (χ1v) is 13.5. The van der Waals surface area contributed by atoms with Gasteiger partial charge in [0.2, 0.25) is 0 Å². The van der Waals surface area contributed by atoms with E-state index in [4.69, 9.17) is 4.74 Å². The van der Waals surface area contributed by atoms with Crippen molar-refractivity contribution in [1.82, 2.24) is 0 Å². The summed E-state index contributed by atoms with van der Waals surface area (Å²) >= 11 is 0. The predicted octanol–water partition coefficient (Wildman–Crippen LogP) is 9.80. The minimum atomic E-state index is -0.419. The largest absolute Gasteiger partial charge is 0.457 e. The van der Waals surface area contributed by atoms with E-state index in [2.05, 4.69) is 146 Å². The second-order valence-electron chi connectivity index (χ2n) is 10.5. The smallest absolute Gasteiger partial charge is 0.132 e. The number of benzene rings is 6. The minimum absolute atomic E-state index is 0.419. The zero-order chi connectivity index (χ0) is 26.0. The van der Waals surface area contributed by atoms with Crippen molar-refractivity contribution >= 4 is 0 Å². The second kappa shape index (κ2) is 8.31. The SMILES string of the molecule is Cc1cccc2c1-c1cc(-c3ccc(-c4ccccc4)cc3)ccc1C21c2ccccc2Oc2ccccc21. The molecule has 0 radical (unpaired) electrons. The molecule has 0 saturated heterocycles. The molecule has 1 aliphatic carbocycles. The van der Waals surface area contributed by atoms with Gasteiger partial charge in [-0.15, -0.1) is 0 Å². The van der Waals surface area contributed by atoms with E-state index in [0.717, 1.165) is 11.5 Å². The van der Waals surface area contributed by atoms with Crippen molar-refractivity contribution in [2.45, 2.75) is 12.3 Å². The summed E-state index contributed by atoms with van der Waals surface area (Å²) < 4.78 is 6.47. The van der Waals surface area contributed by atoms with Crippen LogP contribution in [-0.2, 0) is 5.41 Å². The maximum atomic E-state index is 6.47. The van der Waals surface area contributed by atoms with Crippen molar-refractivity contribution in [3.63, 3.8) is 0 Å². The second-order valence-corrected chi connectivity index (χ2v) is 10.5. The third-order valence-corrected chi connectivity index (χ3v) is 8.50. The summed E-state index contributed by atoms with van der Waals surface area (Å²) in [6.07, 6.45) is 0. The Kier molecular flexibility index (Phi) is 4.72. The lowest BCUT2D eigenvalue weighted by Crippen LogP contribution is -2.32. The Hall–Kier alpha value is -4.88. The summed E-state index contributed by atoms with van der Waals surface area (Å²) in [5, 5.41) is 0. The van der Waals surface area contributed by atoms with Crippen LogP contribution in [-0.4, -0.2) is 0 Å². The molecule has 1 nitrogen and oxygen atoms in total. The Morgan fingerprint density at radius 3 is 1.67 bits per heavy atom. The normalized spacial score (nSPS) is 13.7. The fraction of sp³-hybridized carbons (Fsp3) is 0.0526. The van der Waals surface area contributed by atoms with Crippen LogP contribution < -0.4 is 4.74 Å². The molecule has 0 fully saturated rings. The Bertz CT molecular complexity index is 1830. The third-order valence-electron chi connectivity index (χ3n) is 8.50. The highest BCUT2D eigenvalue weighted by atomic mass is 16.5. The first-order chi connectivity index (χ1) is 19.2. The first-order valence-electron chi connectivity index (χ1n) is 13.5. The molecule has 39 heavy (non-hydrogen) atoms. The Morgan fingerprint density at radius 1 is 0.436 bits per heavy atom. The molecule has 0 N–H and O–H groups in total. The van der Waals surface area contributed by atoms with E-state index in [0.29, 0.717) is 0 Å². The van der Waals surface area contributed by atoms with Gasteiger partial charge in [-0.3, -0.25) is 0 Å². The number of para-hydroxylation sites is 2. The molecule has 1 heterocycles. The Balaban J connectivity index is 1.37. The molecule has 0 bridgehead atoms. The standard InChI is InChI=1S/C38H26O/c1-25-10-9-15-34-37(25)30-24-29(28-20-18-27(19-21-28)26-11-3-2-4-12-26)22-23-31(30)38(34)32-13-5-7-16-35(32)39-36-17-8-6-14-33(36)38/h2-24H,1H3. The summed E-state index contributed by atoms with van der Waals surface area (Å²) in [5.74, 6) is 1.86. The van der Waals surface area contributed by atoms with E-state index in [1.165, 1.54) is 61.2 Å². The number of rotatable bonds is 2. The molecule has 0 amide bonds. The van der Waals surface area contributed by atoms with Gasteiger partial charge < -0.3 is 4.74 Å². The van der Waals surface area contributed by atoms with Gasteiger partial charge in [0.25, 0.3) is 0 Å². The molecule has 6 aromatic carbocycles. The van der Waals surface area contributed by atoms with Crippen molar-refractivity contribution in [1.29, 1.82) is 0 Å². The number of fused-ring (bicyclic) bond motifs is 9. The highest BCUT2D eigenvalue weighted by Crippen LogP contribution is 2.62. The van der Waals surface area contributed by atoms with Gasteiger partial charge in [-0.25, -0.2) is 0 Å². The molecule has 2 aliphatic rings. The highest BCUT2D eigenvalue weighted by Gasteiger charge is 2.51. The molecule has 8 rings (SSSR count). The van der Waals surface area contributed by atoms with Crippen LogP contribution in [0.4, 0.5) is 0 Å². The van der Waals surface area contributed by atoms with Crippen molar-refractivity contribution in [2.75, 3.05) is 0 Å². The fourth-order valence-corrected chi connectivity index (χ4v) is 6.80. The summed E-state index contributed by atoms with van der Waals surface area (Å²) in [5.41, 5.74) is 13.5. The van der Waals surface area contributed by atoms with Gasteiger partial charge in [0.05, 0.1) is 5.41 Å². The van der Waals surface area contributed by atoms with E-state index < -0.39 is 5.41 Å². The van der Waals surface area contributed by atoms with Crippen LogP contribution in [0.25, 0.3) is 33.4 Å². The van der Waals surface area contributed by atoms with Crippen LogP contribution in [0.1, 0.15) is 27.8 Å². The van der Waals surface area contributed by atoms with Crippen LogP contribution in [0.15, 0.2) is 140 Å². The van der Waals surface area contributed by atoms with Gasteiger partial charge in [0.1, 0.15) is 11.5 Å². The van der Waals surface area contributed by atoms with E-state index in [9.17, 15) is 0 Å². The predicted molar refractivity (Wildman–Crippen MR) is 159 cm³/mol. The molecule has 0 saturated carbocycles. The van der Waals surface area contributed by atoms with Crippen LogP contribution in [0.2, 0.25) is 0 Å². The molecule has 1 aliphatic heterocycles. The van der Waals surface area contributed by atoms with Gasteiger partial charge in [0, 0.05) is 11.1 Å². The van der Waals surface area contributed by atoms with Gasteiger partial charge in [-0.1, -0.05) is 121 Å². The summed E-state index contributed by atoms with van der Waals surface area (Å²) in [6.45, 7) is 2.24. The maximum Gasteiger partial charge on any atom is 0.132 e. The molecule has 0 atom stereocenters. The number of aryl methyl sites for hydroxylation is 1. The lowest BCUT2D eigenvalue weighted by atomic mass is 9.66. The van der Waals surface area contributed by atoms with E-state index in [-0.39, 0.29) is 0 Å². The molecule has 0 aromatic heterocycles. The topological polar surface area (TPSA) is 9.23 Å². The zero-order valence-corrected chi connectivity index (χ0v) is 21.7. The number of ether oxygens (including phenoxy) is 1.